The highest BCUT2D eigenvalue weighted by Crippen LogP contribution is 2.49. The van der Waals surface area contributed by atoms with Crippen molar-refractivity contribution in [1.29, 1.82) is 0 Å². The number of rotatable bonds is 0. The molecule has 4 atom stereocenters. The molecule has 1 aliphatic carbocycles. The van der Waals surface area contributed by atoms with Crippen LogP contribution in [-0.4, -0.2) is 6.04 Å². The fourth-order valence-corrected chi connectivity index (χ4v) is 2.41. The van der Waals surface area contributed by atoms with E-state index in [4.69, 9.17) is 0 Å². The monoisotopic (exact) mass is 137 g/mol. The third kappa shape index (κ3) is 0.695. The molecule has 1 aliphatic heterocycles. The molecule has 2 rings (SSSR count). The fourth-order valence-electron chi connectivity index (χ4n) is 2.41. The largest absolute Gasteiger partial charge is 0.385 e. The number of nitrogens with one attached hydrogen (secondary N) is 1. The minimum absolute atomic E-state index is 0.774. The minimum Gasteiger partial charge on any atom is -0.385 e. The first-order valence-electron chi connectivity index (χ1n) is 4.14. The fraction of sp³-hybridized carbons (Fsp3) is 0.778. The molecule has 1 saturated carbocycles. The maximum Gasteiger partial charge on any atom is 0.0321 e. The van der Waals surface area contributed by atoms with Crippen molar-refractivity contribution in [3.05, 3.63) is 12.3 Å². The topological polar surface area (TPSA) is 12.0 Å². The Kier molecular flexibility index (Phi) is 1.11. The van der Waals surface area contributed by atoms with Crippen LogP contribution in [0.2, 0.25) is 0 Å². The lowest BCUT2D eigenvalue weighted by Crippen LogP contribution is -2.25. The Morgan fingerprint density at radius 2 is 2.20 bits per heavy atom. The molecule has 0 bridgehead atoms. The maximum absolute atomic E-state index is 3.96. The van der Waals surface area contributed by atoms with Crippen LogP contribution < -0.4 is 5.32 Å². The molecule has 1 N–H and O–H groups in total. The number of fused-ring (bicyclic) bond motifs is 1. The van der Waals surface area contributed by atoms with Crippen LogP contribution in [0.15, 0.2) is 12.3 Å². The van der Waals surface area contributed by atoms with E-state index in [0.717, 1.165) is 23.8 Å². The summed E-state index contributed by atoms with van der Waals surface area (Å²) in [7, 11) is 0. The second kappa shape index (κ2) is 1.77. The average molecular weight is 137 g/mol. The Morgan fingerprint density at radius 3 is 2.80 bits per heavy atom. The molecular weight excluding hydrogens is 122 g/mol. The average Bonchev–Trinajstić information content (AvgIpc) is 2.42. The Bertz CT molecular complexity index is 164. The summed E-state index contributed by atoms with van der Waals surface area (Å²) in [6.45, 7) is 8.64. The quantitative estimate of drug-likeness (QED) is 0.536. The summed E-state index contributed by atoms with van der Waals surface area (Å²) in [6.07, 6.45) is 1.19. The molecule has 0 aromatic rings. The predicted octanol–water partition coefficient (Wildman–Crippen LogP) is 1.76. The molecule has 1 saturated heterocycles. The predicted molar refractivity (Wildman–Crippen MR) is 42.5 cm³/mol. The molecule has 1 nitrogen and oxygen atoms in total. The first kappa shape index (κ1) is 6.26. The van der Waals surface area contributed by atoms with Gasteiger partial charge < -0.3 is 5.32 Å². The zero-order chi connectivity index (χ0) is 7.30. The summed E-state index contributed by atoms with van der Waals surface area (Å²) in [5.74, 6) is 2.72. The highest BCUT2D eigenvalue weighted by atomic mass is 15.0. The molecule has 2 aliphatic rings. The Hall–Kier alpha value is -0.460. The second-order valence-corrected chi connectivity index (χ2v) is 3.89. The van der Waals surface area contributed by atoms with E-state index >= 15 is 0 Å². The van der Waals surface area contributed by atoms with Crippen molar-refractivity contribution >= 4 is 0 Å². The summed E-state index contributed by atoms with van der Waals surface area (Å²) in [5, 5.41) is 3.44. The van der Waals surface area contributed by atoms with Crippen LogP contribution in [-0.2, 0) is 0 Å². The van der Waals surface area contributed by atoms with E-state index in [1.807, 2.05) is 0 Å². The van der Waals surface area contributed by atoms with Crippen LogP contribution in [0.1, 0.15) is 20.3 Å². The van der Waals surface area contributed by atoms with Gasteiger partial charge in [-0.2, -0.15) is 0 Å². The third-order valence-corrected chi connectivity index (χ3v) is 3.04. The van der Waals surface area contributed by atoms with E-state index in [-0.39, 0.29) is 0 Å². The van der Waals surface area contributed by atoms with E-state index < -0.39 is 0 Å². The standard InChI is InChI=1S/C9H15N/c1-5-4-6(2)10-9-7(3)8(5)9/h5,7-10H,2,4H2,1,3H3/t5-,7+,8-,9+/m0/s1. The van der Waals surface area contributed by atoms with Gasteiger partial charge in [-0.1, -0.05) is 20.4 Å². The second-order valence-electron chi connectivity index (χ2n) is 3.89. The van der Waals surface area contributed by atoms with Crippen LogP contribution in [0.25, 0.3) is 0 Å². The smallest absolute Gasteiger partial charge is 0.0321 e. The Morgan fingerprint density at radius 1 is 1.50 bits per heavy atom. The molecule has 56 valence electrons. The zero-order valence-electron chi connectivity index (χ0n) is 6.72. The van der Waals surface area contributed by atoms with Gasteiger partial charge in [0.25, 0.3) is 0 Å². The molecule has 1 heterocycles. The highest BCUT2D eigenvalue weighted by Gasteiger charge is 2.52. The first-order valence-corrected chi connectivity index (χ1v) is 4.14. The molecule has 0 aromatic heterocycles. The van der Waals surface area contributed by atoms with Gasteiger partial charge in [-0.25, -0.2) is 0 Å². The number of piperidine rings is 1. The van der Waals surface area contributed by atoms with E-state index in [0.29, 0.717) is 0 Å². The lowest BCUT2D eigenvalue weighted by atomic mass is 9.97. The lowest BCUT2D eigenvalue weighted by molar-refractivity contribution is 0.421. The van der Waals surface area contributed by atoms with Gasteiger partial charge in [0.05, 0.1) is 0 Å². The molecule has 1 heteroatoms. The van der Waals surface area contributed by atoms with E-state index in [1.165, 1.54) is 12.1 Å². The third-order valence-electron chi connectivity index (χ3n) is 3.04. The molecule has 0 radical (unpaired) electrons. The molecular formula is C9H15N. The summed E-state index contributed by atoms with van der Waals surface area (Å²) in [5.41, 5.74) is 1.25. The van der Waals surface area contributed by atoms with Crippen LogP contribution in [0, 0.1) is 17.8 Å². The minimum atomic E-state index is 0.774. The molecule has 0 amide bonds. The summed E-state index contributed by atoms with van der Waals surface area (Å²) >= 11 is 0. The van der Waals surface area contributed by atoms with Crippen LogP contribution in [0.4, 0.5) is 0 Å². The molecule has 10 heavy (non-hydrogen) atoms. The SMILES string of the molecule is C=C1C[C@H](C)[C@H]2[C@@H](C)[C@H]2N1. The van der Waals surface area contributed by atoms with Crippen LogP contribution in [0.5, 0.6) is 0 Å². The summed E-state index contributed by atoms with van der Waals surface area (Å²) < 4.78 is 0. The molecule has 2 fully saturated rings. The Balaban J connectivity index is 2.09. The first-order chi connectivity index (χ1) is 4.70. The zero-order valence-corrected chi connectivity index (χ0v) is 6.72. The van der Waals surface area contributed by atoms with Crippen molar-refractivity contribution in [1.82, 2.24) is 5.32 Å². The number of allylic oxidation sites excluding steroid dienone is 1. The van der Waals surface area contributed by atoms with E-state index in [1.54, 1.807) is 0 Å². The molecule has 0 aromatic carbocycles. The van der Waals surface area contributed by atoms with Crippen molar-refractivity contribution in [3.8, 4) is 0 Å². The van der Waals surface area contributed by atoms with Gasteiger partial charge in [0.15, 0.2) is 0 Å². The summed E-state index contributed by atoms with van der Waals surface area (Å²) in [6, 6.07) is 0.774. The Labute approximate surface area is 62.5 Å². The van der Waals surface area contributed by atoms with Crippen molar-refractivity contribution in [2.24, 2.45) is 17.8 Å². The van der Waals surface area contributed by atoms with Gasteiger partial charge >= 0.3 is 0 Å². The van der Waals surface area contributed by atoms with Gasteiger partial charge in [-0.05, 0) is 24.2 Å². The van der Waals surface area contributed by atoms with Gasteiger partial charge in [0, 0.05) is 11.7 Å². The van der Waals surface area contributed by atoms with E-state index in [2.05, 4.69) is 25.7 Å². The van der Waals surface area contributed by atoms with Crippen molar-refractivity contribution in [3.63, 3.8) is 0 Å². The van der Waals surface area contributed by atoms with Gasteiger partial charge in [-0.15, -0.1) is 0 Å². The van der Waals surface area contributed by atoms with Crippen LogP contribution in [0.3, 0.4) is 0 Å². The van der Waals surface area contributed by atoms with Gasteiger partial charge in [0.2, 0.25) is 0 Å². The molecule has 0 unspecified atom stereocenters. The van der Waals surface area contributed by atoms with E-state index in [9.17, 15) is 0 Å². The molecule has 0 spiro atoms. The van der Waals surface area contributed by atoms with Crippen molar-refractivity contribution in [2.75, 3.05) is 0 Å². The number of hydrogen-bond donors (Lipinski definition) is 1. The highest BCUT2D eigenvalue weighted by molar-refractivity contribution is 5.14. The number of hydrogen-bond acceptors (Lipinski definition) is 1. The lowest BCUT2D eigenvalue weighted by Gasteiger charge is -2.20. The van der Waals surface area contributed by atoms with Crippen LogP contribution >= 0.6 is 0 Å². The maximum atomic E-state index is 3.96. The summed E-state index contributed by atoms with van der Waals surface area (Å²) in [4.78, 5) is 0. The van der Waals surface area contributed by atoms with Crippen molar-refractivity contribution < 1.29 is 0 Å². The van der Waals surface area contributed by atoms with Gasteiger partial charge in [0.1, 0.15) is 0 Å². The van der Waals surface area contributed by atoms with Gasteiger partial charge in [-0.3, -0.25) is 0 Å². The van der Waals surface area contributed by atoms with Crippen molar-refractivity contribution in [2.45, 2.75) is 26.3 Å². The normalized spacial score (nSPS) is 51.6.